The van der Waals surface area contributed by atoms with Crippen LogP contribution in [-0.2, 0) is 4.79 Å². The minimum Gasteiger partial charge on any atom is -0.497 e. The van der Waals surface area contributed by atoms with Gasteiger partial charge in [-0.15, -0.1) is 0 Å². The molecule has 0 saturated carbocycles. The van der Waals surface area contributed by atoms with Crippen molar-refractivity contribution in [2.45, 2.75) is 17.6 Å². The van der Waals surface area contributed by atoms with Crippen LogP contribution in [0.1, 0.15) is 23.8 Å². The van der Waals surface area contributed by atoms with Gasteiger partial charge in [-0.25, -0.2) is 9.99 Å². The van der Waals surface area contributed by atoms with Gasteiger partial charge in [-0.2, -0.15) is 5.10 Å². The summed E-state index contributed by atoms with van der Waals surface area (Å²) < 4.78 is 10.7. The molecule has 0 radical (unpaired) electrons. The van der Waals surface area contributed by atoms with Gasteiger partial charge in [0.2, 0.25) is 0 Å². The van der Waals surface area contributed by atoms with Crippen molar-refractivity contribution in [2.75, 3.05) is 12.9 Å². The molecule has 1 amide bonds. The number of hydrogen-bond acceptors (Lipinski definition) is 7. The quantitative estimate of drug-likeness (QED) is 0.495. The van der Waals surface area contributed by atoms with Crippen LogP contribution in [-0.4, -0.2) is 39.5 Å². The van der Waals surface area contributed by atoms with Crippen LogP contribution >= 0.6 is 11.8 Å². The lowest BCUT2D eigenvalue weighted by atomic mass is 10.0. The van der Waals surface area contributed by atoms with Crippen LogP contribution in [0.15, 0.2) is 74.4 Å². The Labute approximate surface area is 170 Å². The topological polar surface area (TPSA) is 101 Å². The number of hydrogen-bond donors (Lipinski definition) is 1. The Kier molecular flexibility index (Phi) is 5.48. The van der Waals surface area contributed by atoms with Crippen molar-refractivity contribution in [1.82, 2.24) is 15.0 Å². The zero-order valence-corrected chi connectivity index (χ0v) is 16.4. The van der Waals surface area contributed by atoms with Crippen LogP contribution in [0.3, 0.4) is 0 Å². The highest BCUT2D eigenvalue weighted by Crippen LogP contribution is 2.34. The molecule has 0 bridgehead atoms. The minimum absolute atomic E-state index is 0.0869. The second kappa shape index (κ2) is 8.36. The Morgan fingerprint density at radius 1 is 1.31 bits per heavy atom. The fraction of sp³-hybridized carbons (Fsp3) is 0.200. The summed E-state index contributed by atoms with van der Waals surface area (Å²) in [5.74, 6) is 1.31. The number of amides is 1. The zero-order valence-electron chi connectivity index (χ0n) is 15.6. The number of thioether (sulfide) groups is 1. The standard InChI is InChI=1S/C20H18N4O4S/c1-27-14-6-4-13(5-7-14)15-11-16(17-3-2-10-28-17)24(23-15)19(26)12-29-20-21-9-8-18(25)22-20/h2-10,16H,11-12H2,1H3,(H,21,22,25)/t16-/m1/s1. The van der Waals surface area contributed by atoms with E-state index in [9.17, 15) is 9.59 Å². The third-order valence-electron chi connectivity index (χ3n) is 4.44. The molecule has 0 fully saturated rings. The molecule has 0 aliphatic carbocycles. The molecular formula is C20H18N4O4S. The first-order valence-electron chi connectivity index (χ1n) is 8.89. The average molecular weight is 410 g/mol. The van der Waals surface area contributed by atoms with Crippen molar-refractivity contribution in [2.24, 2.45) is 5.10 Å². The number of nitrogens with one attached hydrogen (secondary N) is 1. The monoisotopic (exact) mass is 410 g/mol. The van der Waals surface area contributed by atoms with E-state index in [-0.39, 0.29) is 23.3 Å². The molecule has 4 rings (SSSR count). The highest BCUT2D eigenvalue weighted by molar-refractivity contribution is 7.99. The van der Waals surface area contributed by atoms with Gasteiger partial charge in [0.25, 0.3) is 11.5 Å². The molecule has 0 spiro atoms. The number of nitrogens with zero attached hydrogens (tertiary/aromatic N) is 3. The van der Waals surface area contributed by atoms with E-state index in [1.54, 1.807) is 19.4 Å². The largest absolute Gasteiger partial charge is 0.497 e. The number of furan rings is 1. The maximum atomic E-state index is 12.9. The molecular weight excluding hydrogens is 392 g/mol. The molecule has 8 nitrogen and oxygen atoms in total. The normalized spacial score (nSPS) is 16.0. The lowest BCUT2D eigenvalue weighted by Gasteiger charge is -2.19. The van der Waals surface area contributed by atoms with Crippen LogP contribution in [0.4, 0.5) is 0 Å². The maximum absolute atomic E-state index is 12.9. The number of carbonyl (C=O) groups is 1. The number of aromatic nitrogens is 2. The molecule has 2 aromatic heterocycles. The van der Waals surface area contributed by atoms with Crippen LogP contribution in [0.25, 0.3) is 0 Å². The Morgan fingerprint density at radius 3 is 2.83 bits per heavy atom. The molecule has 1 aliphatic rings. The third kappa shape index (κ3) is 4.24. The van der Waals surface area contributed by atoms with Gasteiger partial charge < -0.3 is 14.1 Å². The number of ether oxygens (including phenoxy) is 1. The molecule has 0 unspecified atom stereocenters. The van der Waals surface area contributed by atoms with E-state index in [0.717, 1.165) is 28.8 Å². The molecule has 29 heavy (non-hydrogen) atoms. The molecule has 3 aromatic rings. The highest BCUT2D eigenvalue weighted by atomic mass is 32.2. The zero-order chi connectivity index (χ0) is 20.2. The van der Waals surface area contributed by atoms with Gasteiger partial charge in [-0.05, 0) is 42.0 Å². The van der Waals surface area contributed by atoms with Gasteiger partial charge in [0.05, 0.1) is 24.8 Å². The Hall–Kier alpha value is -3.33. The number of carbonyl (C=O) groups excluding carboxylic acids is 1. The van der Waals surface area contributed by atoms with E-state index in [2.05, 4.69) is 15.1 Å². The summed E-state index contributed by atoms with van der Waals surface area (Å²) in [7, 11) is 1.61. The average Bonchev–Trinajstić information content (AvgIpc) is 3.42. The van der Waals surface area contributed by atoms with Gasteiger partial charge in [-0.3, -0.25) is 9.59 Å². The number of benzene rings is 1. The summed E-state index contributed by atoms with van der Waals surface area (Å²) in [5.41, 5.74) is 1.45. The minimum atomic E-state index is -0.321. The second-order valence-corrected chi connectivity index (χ2v) is 7.24. The summed E-state index contributed by atoms with van der Waals surface area (Å²) in [6.45, 7) is 0. The molecule has 1 aromatic carbocycles. The molecule has 1 N–H and O–H groups in total. The van der Waals surface area contributed by atoms with Crippen LogP contribution in [0.5, 0.6) is 5.75 Å². The number of methoxy groups -OCH3 is 1. The maximum Gasteiger partial charge on any atom is 0.253 e. The van der Waals surface area contributed by atoms with Crippen LogP contribution < -0.4 is 10.3 Å². The fourth-order valence-electron chi connectivity index (χ4n) is 3.02. The van der Waals surface area contributed by atoms with E-state index < -0.39 is 0 Å². The lowest BCUT2D eigenvalue weighted by molar-refractivity contribution is -0.130. The van der Waals surface area contributed by atoms with E-state index in [1.165, 1.54) is 17.3 Å². The van der Waals surface area contributed by atoms with Gasteiger partial charge in [0.1, 0.15) is 17.6 Å². The van der Waals surface area contributed by atoms with E-state index in [4.69, 9.17) is 9.15 Å². The summed E-state index contributed by atoms with van der Waals surface area (Å²) in [5, 5.41) is 6.41. The number of rotatable bonds is 6. The first kappa shape index (κ1) is 19.0. The van der Waals surface area contributed by atoms with Gasteiger partial charge in [-0.1, -0.05) is 11.8 Å². The number of hydrazone groups is 1. The molecule has 1 aliphatic heterocycles. The predicted octanol–water partition coefficient (Wildman–Crippen LogP) is 2.84. The third-order valence-corrected chi connectivity index (χ3v) is 5.31. The Balaban J connectivity index is 1.55. The smallest absolute Gasteiger partial charge is 0.253 e. The summed E-state index contributed by atoms with van der Waals surface area (Å²) >= 11 is 1.16. The number of H-pyrrole nitrogens is 1. The van der Waals surface area contributed by atoms with Crippen molar-refractivity contribution in [3.8, 4) is 5.75 Å². The molecule has 0 saturated heterocycles. The van der Waals surface area contributed by atoms with Gasteiger partial charge in [0, 0.05) is 18.7 Å². The first-order valence-corrected chi connectivity index (χ1v) is 9.88. The van der Waals surface area contributed by atoms with Crippen molar-refractivity contribution in [3.05, 3.63) is 76.6 Å². The van der Waals surface area contributed by atoms with Crippen molar-refractivity contribution in [1.29, 1.82) is 0 Å². The molecule has 148 valence electrons. The van der Waals surface area contributed by atoms with E-state index in [1.807, 2.05) is 30.3 Å². The summed E-state index contributed by atoms with van der Waals surface area (Å²) in [6.07, 6.45) is 3.53. The molecule has 1 atom stereocenters. The highest BCUT2D eigenvalue weighted by Gasteiger charge is 2.34. The Bertz CT molecular complexity index is 1080. The second-order valence-electron chi connectivity index (χ2n) is 6.28. The van der Waals surface area contributed by atoms with Crippen molar-refractivity contribution >= 4 is 23.4 Å². The van der Waals surface area contributed by atoms with Gasteiger partial charge >= 0.3 is 0 Å². The fourth-order valence-corrected chi connectivity index (χ4v) is 3.72. The van der Waals surface area contributed by atoms with E-state index in [0.29, 0.717) is 17.3 Å². The van der Waals surface area contributed by atoms with Gasteiger partial charge in [0.15, 0.2) is 5.16 Å². The SMILES string of the molecule is COc1ccc(C2=NN(C(=O)CSc3nccc(=O)[nH]3)[C@@H](c3ccco3)C2)cc1. The lowest BCUT2D eigenvalue weighted by Crippen LogP contribution is -2.28. The predicted molar refractivity (Wildman–Crippen MR) is 108 cm³/mol. The summed E-state index contributed by atoms with van der Waals surface area (Å²) in [6, 6.07) is 12.2. The van der Waals surface area contributed by atoms with Crippen LogP contribution in [0, 0.1) is 0 Å². The molecule has 9 heteroatoms. The summed E-state index contributed by atoms with van der Waals surface area (Å²) in [4.78, 5) is 31.0. The van der Waals surface area contributed by atoms with Crippen LogP contribution in [0.2, 0.25) is 0 Å². The van der Waals surface area contributed by atoms with Crippen molar-refractivity contribution < 1.29 is 13.9 Å². The first-order chi connectivity index (χ1) is 14.1. The number of aromatic amines is 1. The Morgan fingerprint density at radius 2 is 2.14 bits per heavy atom. The van der Waals surface area contributed by atoms with Crippen molar-refractivity contribution in [3.63, 3.8) is 0 Å². The van der Waals surface area contributed by atoms with E-state index >= 15 is 0 Å². The molecule has 3 heterocycles.